The molecule has 6 nitrogen and oxygen atoms in total. The summed E-state index contributed by atoms with van der Waals surface area (Å²) in [6.45, 7) is 6.68. The maximum absolute atomic E-state index is 12.9. The minimum atomic E-state index is -0.771. The normalized spacial score (nSPS) is 12.1. The van der Waals surface area contributed by atoms with Crippen LogP contribution in [0.3, 0.4) is 0 Å². The van der Waals surface area contributed by atoms with Gasteiger partial charge in [0.1, 0.15) is 13.2 Å². The van der Waals surface area contributed by atoms with E-state index in [1.165, 1.54) is 244 Å². The third kappa shape index (κ3) is 58.7. The van der Waals surface area contributed by atoms with Gasteiger partial charge in [0.05, 0.1) is 0 Å². The highest BCUT2D eigenvalue weighted by Crippen LogP contribution is 2.18. The Hall–Kier alpha value is -2.11. The summed E-state index contributed by atoms with van der Waals surface area (Å²) in [7, 11) is 0. The molecule has 0 aromatic heterocycles. The molecule has 0 bridgehead atoms. The van der Waals surface area contributed by atoms with Crippen molar-refractivity contribution < 1.29 is 28.6 Å². The van der Waals surface area contributed by atoms with E-state index in [9.17, 15) is 14.4 Å². The zero-order chi connectivity index (χ0) is 51.4. The second kappa shape index (κ2) is 60.4. The van der Waals surface area contributed by atoms with E-state index in [1.807, 2.05) is 0 Å². The predicted octanol–water partition coefficient (Wildman–Crippen LogP) is 21.4. The van der Waals surface area contributed by atoms with Crippen molar-refractivity contribution in [3.05, 3.63) is 24.3 Å². The van der Waals surface area contributed by atoms with Crippen molar-refractivity contribution >= 4 is 17.9 Å². The Morgan fingerprint density at radius 1 is 0.282 bits per heavy atom. The SMILES string of the molecule is CCCCC/C=C/C/C=C/CCCCCCCCCC(=O)O[C@H](COC(=O)CCCCCCCCCCCCCCCCCCC)COC(=O)CCCCCCCCCCCCCCCCCCCCC. The number of carbonyl (C=O) groups is 3. The van der Waals surface area contributed by atoms with Crippen LogP contribution >= 0.6 is 0 Å². The van der Waals surface area contributed by atoms with Crippen molar-refractivity contribution in [3.63, 3.8) is 0 Å². The topological polar surface area (TPSA) is 78.9 Å². The Kier molecular flexibility index (Phi) is 58.6. The number of carbonyl (C=O) groups excluding carboxylic acids is 3. The largest absolute Gasteiger partial charge is 0.462 e. The predicted molar refractivity (Wildman–Crippen MR) is 307 cm³/mol. The van der Waals surface area contributed by atoms with Gasteiger partial charge in [-0.15, -0.1) is 0 Å². The maximum Gasteiger partial charge on any atom is 0.306 e. The van der Waals surface area contributed by atoms with Crippen LogP contribution in [-0.4, -0.2) is 37.2 Å². The van der Waals surface area contributed by atoms with Crippen LogP contribution in [0.25, 0.3) is 0 Å². The molecule has 0 spiro atoms. The summed E-state index contributed by atoms with van der Waals surface area (Å²) in [5.74, 6) is -0.848. The first-order valence-electron chi connectivity index (χ1n) is 31.8. The third-order valence-electron chi connectivity index (χ3n) is 14.5. The minimum absolute atomic E-state index is 0.0684. The molecule has 0 rings (SSSR count). The van der Waals surface area contributed by atoms with Gasteiger partial charge in [-0.2, -0.15) is 0 Å². The average Bonchev–Trinajstić information content (AvgIpc) is 3.37. The van der Waals surface area contributed by atoms with Crippen LogP contribution in [-0.2, 0) is 28.6 Å². The summed E-state index contributed by atoms with van der Waals surface area (Å²) >= 11 is 0. The van der Waals surface area contributed by atoms with E-state index in [1.54, 1.807) is 0 Å². The van der Waals surface area contributed by atoms with E-state index in [-0.39, 0.29) is 31.1 Å². The Morgan fingerprint density at radius 2 is 0.507 bits per heavy atom. The van der Waals surface area contributed by atoms with E-state index < -0.39 is 6.10 Å². The molecule has 6 heteroatoms. The number of esters is 3. The highest BCUT2D eigenvalue weighted by atomic mass is 16.6. The summed E-state index contributed by atoms with van der Waals surface area (Å²) in [4.78, 5) is 38.3. The molecule has 0 N–H and O–H groups in total. The van der Waals surface area contributed by atoms with E-state index in [0.29, 0.717) is 19.3 Å². The molecule has 0 unspecified atom stereocenters. The fourth-order valence-electron chi connectivity index (χ4n) is 9.65. The minimum Gasteiger partial charge on any atom is -0.462 e. The van der Waals surface area contributed by atoms with Gasteiger partial charge in [-0.25, -0.2) is 0 Å². The highest BCUT2D eigenvalue weighted by molar-refractivity contribution is 5.71. The van der Waals surface area contributed by atoms with Gasteiger partial charge >= 0.3 is 17.9 Å². The summed E-state index contributed by atoms with van der Waals surface area (Å²) in [6.07, 6.45) is 71.7. The molecule has 71 heavy (non-hydrogen) atoms. The Morgan fingerprint density at radius 3 is 0.803 bits per heavy atom. The van der Waals surface area contributed by atoms with E-state index >= 15 is 0 Å². The number of allylic oxidation sites excluding steroid dienone is 4. The first-order valence-corrected chi connectivity index (χ1v) is 31.8. The third-order valence-corrected chi connectivity index (χ3v) is 14.5. The van der Waals surface area contributed by atoms with Crippen LogP contribution in [0.2, 0.25) is 0 Å². The summed E-state index contributed by atoms with van der Waals surface area (Å²) in [5, 5.41) is 0. The zero-order valence-corrected chi connectivity index (χ0v) is 48.0. The van der Waals surface area contributed by atoms with Gasteiger partial charge in [0.15, 0.2) is 6.10 Å². The summed E-state index contributed by atoms with van der Waals surface area (Å²) in [5.41, 5.74) is 0. The van der Waals surface area contributed by atoms with Crippen LogP contribution in [0.15, 0.2) is 24.3 Å². The molecule has 0 aliphatic rings. The second-order valence-electron chi connectivity index (χ2n) is 21.7. The summed E-state index contributed by atoms with van der Waals surface area (Å²) in [6, 6.07) is 0. The first-order chi connectivity index (χ1) is 35.0. The average molecular weight is 1000 g/mol. The molecule has 0 aromatic rings. The smallest absolute Gasteiger partial charge is 0.306 e. The van der Waals surface area contributed by atoms with Gasteiger partial charge in [0.25, 0.3) is 0 Å². The fourth-order valence-corrected chi connectivity index (χ4v) is 9.65. The number of hydrogen-bond acceptors (Lipinski definition) is 6. The van der Waals surface area contributed by atoms with Gasteiger partial charge < -0.3 is 14.2 Å². The Labute approximate surface area is 443 Å². The molecule has 0 aliphatic heterocycles. The van der Waals surface area contributed by atoms with Gasteiger partial charge in [-0.3, -0.25) is 14.4 Å². The number of unbranched alkanes of at least 4 members (excludes halogenated alkanes) is 44. The van der Waals surface area contributed by atoms with Crippen molar-refractivity contribution in [2.75, 3.05) is 13.2 Å². The van der Waals surface area contributed by atoms with E-state index in [0.717, 1.165) is 70.6 Å². The number of rotatable bonds is 59. The Bertz CT molecular complexity index is 1150. The van der Waals surface area contributed by atoms with Crippen molar-refractivity contribution in [1.29, 1.82) is 0 Å². The van der Waals surface area contributed by atoms with Crippen molar-refractivity contribution in [3.8, 4) is 0 Å². The lowest BCUT2D eigenvalue weighted by Crippen LogP contribution is -2.30. The number of hydrogen-bond donors (Lipinski definition) is 0. The second-order valence-corrected chi connectivity index (χ2v) is 21.7. The van der Waals surface area contributed by atoms with Crippen LogP contribution < -0.4 is 0 Å². The molecule has 0 amide bonds. The van der Waals surface area contributed by atoms with Gasteiger partial charge in [-0.1, -0.05) is 308 Å². The lowest BCUT2D eigenvalue weighted by Gasteiger charge is -2.18. The van der Waals surface area contributed by atoms with Gasteiger partial charge in [0, 0.05) is 19.3 Å². The van der Waals surface area contributed by atoms with Crippen molar-refractivity contribution in [1.82, 2.24) is 0 Å². The van der Waals surface area contributed by atoms with Crippen LogP contribution in [0, 0.1) is 0 Å². The molecular formula is C65H122O6. The standard InChI is InChI=1S/C65H122O6/c1-4-7-10-13-16-19-22-25-28-31-32-35-37-40-43-46-49-52-55-58-64(67)70-61-62(71-65(68)59-56-53-50-47-44-41-38-34-30-27-24-21-18-15-12-9-6-3)60-69-63(66)57-54-51-48-45-42-39-36-33-29-26-23-20-17-14-11-8-5-2/h18,21,27,30,62H,4-17,19-20,22-26,28-29,31-61H2,1-3H3/b21-18+,30-27+/t62-/m1/s1. The molecule has 0 saturated heterocycles. The lowest BCUT2D eigenvalue weighted by molar-refractivity contribution is -0.167. The Balaban J connectivity index is 4.32. The van der Waals surface area contributed by atoms with Crippen LogP contribution in [0.1, 0.15) is 355 Å². The fraction of sp³-hybridized carbons (Fsp3) is 0.892. The molecule has 0 heterocycles. The summed E-state index contributed by atoms with van der Waals surface area (Å²) < 4.78 is 16.9. The molecule has 418 valence electrons. The van der Waals surface area contributed by atoms with Gasteiger partial charge in [-0.05, 0) is 51.4 Å². The molecule has 0 fully saturated rings. The lowest BCUT2D eigenvalue weighted by atomic mass is 10.0. The molecule has 1 atom stereocenters. The van der Waals surface area contributed by atoms with Crippen LogP contribution in [0.5, 0.6) is 0 Å². The van der Waals surface area contributed by atoms with Crippen LogP contribution in [0.4, 0.5) is 0 Å². The van der Waals surface area contributed by atoms with E-state index in [4.69, 9.17) is 14.2 Å². The maximum atomic E-state index is 12.9. The number of ether oxygens (including phenoxy) is 3. The molecule has 0 radical (unpaired) electrons. The van der Waals surface area contributed by atoms with Crippen molar-refractivity contribution in [2.24, 2.45) is 0 Å². The molecule has 0 saturated carbocycles. The quantitative estimate of drug-likeness (QED) is 0.0261. The van der Waals surface area contributed by atoms with Crippen molar-refractivity contribution in [2.45, 2.75) is 361 Å². The molecule has 0 aromatic carbocycles. The van der Waals surface area contributed by atoms with E-state index in [2.05, 4.69) is 45.1 Å². The van der Waals surface area contributed by atoms with Gasteiger partial charge in [0.2, 0.25) is 0 Å². The molecular weight excluding hydrogens is 877 g/mol. The molecule has 0 aliphatic carbocycles. The zero-order valence-electron chi connectivity index (χ0n) is 48.0. The monoisotopic (exact) mass is 999 g/mol. The highest BCUT2D eigenvalue weighted by Gasteiger charge is 2.19. The first kappa shape index (κ1) is 68.9.